The molecule has 40 heavy (non-hydrogen) atoms. The molecule has 1 N–H and O–H groups in total. The van der Waals surface area contributed by atoms with Gasteiger partial charge in [-0.15, -0.1) is 0 Å². The van der Waals surface area contributed by atoms with Crippen LogP contribution in [0.2, 0.25) is 0 Å². The summed E-state index contributed by atoms with van der Waals surface area (Å²) in [6, 6.07) is 9.97. The Labute approximate surface area is 237 Å². The van der Waals surface area contributed by atoms with E-state index >= 15 is 0 Å². The van der Waals surface area contributed by atoms with Gasteiger partial charge in [-0.25, -0.2) is 9.79 Å². The first-order valence-corrected chi connectivity index (χ1v) is 14.2. The number of hydrogen-bond acceptors (Lipinski definition) is 9. The molecule has 2 aromatic carbocycles. The lowest BCUT2D eigenvalue weighted by Gasteiger charge is -2.25. The zero-order valence-electron chi connectivity index (χ0n) is 23.7. The summed E-state index contributed by atoms with van der Waals surface area (Å²) in [6.45, 7) is 11.7. The highest BCUT2D eigenvalue weighted by molar-refractivity contribution is 7.07. The molecule has 0 fully saturated rings. The Bertz CT molecular complexity index is 1620. The van der Waals surface area contributed by atoms with E-state index in [1.807, 2.05) is 13.0 Å². The third-order valence-electron chi connectivity index (χ3n) is 6.75. The quantitative estimate of drug-likeness (QED) is 0.374. The summed E-state index contributed by atoms with van der Waals surface area (Å²) in [5.41, 5.74) is 2.49. The summed E-state index contributed by atoms with van der Waals surface area (Å²) in [7, 11) is 1.55. The number of carbonyl (C=O) groups excluding carboxylic acids is 1. The molecule has 0 amide bonds. The molecule has 1 unspecified atom stereocenters. The molecule has 1 aliphatic rings. The lowest BCUT2D eigenvalue weighted by atomic mass is 9.95. The van der Waals surface area contributed by atoms with Crippen molar-refractivity contribution >= 4 is 29.1 Å². The smallest absolute Gasteiger partial charge is 0.338 e. The third kappa shape index (κ3) is 5.49. The molecule has 9 nitrogen and oxygen atoms in total. The summed E-state index contributed by atoms with van der Waals surface area (Å²) < 4.78 is 18.5. The fourth-order valence-electron chi connectivity index (χ4n) is 4.82. The van der Waals surface area contributed by atoms with E-state index in [0.29, 0.717) is 44.3 Å². The van der Waals surface area contributed by atoms with Crippen LogP contribution in [0.15, 0.2) is 57.5 Å². The van der Waals surface area contributed by atoms with Crippen LogP contribution in [-0.2, 0) is 9.53 Å². The van der Waals surface area contributed by atoms with E-state index < -0.39 is 12.0 Å². The fourth-order valence-corrected chi connectivity index (χ4v) is 5.86. The largest absolute Gasteiger partial charge is 0.507 e. The molecule has 2 heterocycles. The van der Waals surface area contributed by atoms with Crippen molar-refractivity contribution in [3.63, 3.8) is 0 Å². The van der Waals surface area contributed by atoms with Gasteiger partial charge in [-0.3, -0.25) is 9.36 Å². The first-order chi connectivity index (χ1) is 19.3. The van der Waals surface area contributed by atoms with E-state index in [4.69, 9.17) is 14.2 Å². The number of fused-ring (bicyclic) bond motifs is 1. The van der Waals surface area contributed by atoms with Crippen LogP contribution in [0, 0.1) is 0 Å². The number of thiazole rings is 1. The summed E-state index contributed by atoms with van der Waals surface area (Å²) >= 11 is 1.20. The summed E-state index contributed by atoms with van der Waals surface area (Å²) in [4.78, 5) is 34.3. The average molecular weight is 566 g/mol. The molecule has 3 aromatic rings. The van der Waals surface area contributed by atoms with Gasteiger partial charge in [0, 0.05) is 30.4 Å². The Hall–Kier alpha value is -4.05. The molecule has 212 valence electrons. The number of rotatable bonds is 10. The minimum Gasteiger partial charge on any atom is -0.507 e. The van der Waals surface area contributed by atoms with E-state index in [2.05, 4.69) is 23.7 Å². The Morgan fingerprint density at radius 2 is 1.85 bits per heavy atom. The number of aromatic hydroxyl groups is 1. The molecule has 1 aliphatic heterocycles. The Balaban J connectivity index is 1.91. The van der Waals surface area contributed by atoms with Gasteiger partial charge in [0.1, 0.15) is 5.75 Å². The van der Waals surface area contributed by atoms with Gasteiger partial charge >= 0.3 is 5.97 Å². The Morgan fingerprint density at radius 1 is 1.10 bits per heavy atom. The maximum absolute atomic E-state index is 13.9. The number of aromatic nitrogens is 1. The second kappa shape index (κ2) is 12.4. The molecular formula is C30H35N3O6S. The van der Waals surface area contributed by atoms with E-state index in [0.717, 1.165) is 18.8 Å². The van der Waals surface area contributed by atoms with Crippen molar-refractivity contribution in [3.8, 4) is 17.2 Å². The first-order valence-electron chi connectivity index (χ1n) is 13.4. The minimum atomic E-state index is -0.791. The minimum absolute atomic E-state index is 0.0756. The van der Waals surface area contributed by atoms with Crippen LogP contribution in [0.1, 0.15) is 51.8 Å². The number of anilines is 1. The zero-order valence-corrected chi connectivity index (χ0v) is 24.5. The van der Waals surface area contributed by atoms with Crippen molar-refractivity contribution in [2.75, 3.05) is 38.3 Å². The van der Waals surface area contributed by atoms with Gasteiger partial charge in [0.25, 0.3) is 5.56 Å². The van der Waals surface area contributed by atoms with Gasteiger partial charge in [0.2, 0.25) is 0 Å². The summed E-state index contributed by atoms with van der Waals surface area (Å²) in [5, 5.41) is 10.8. The maximum Gasteiger partial charge on any atom is 0.338 e. The molecule has 0 saturated carbocycles. The van der Waals surface area contributed by atoms with E-state index in [-0.39, 0.29) is 23.5 Å². The van der Waals surface area contributed by atoms with Crippen molar-refractivity contribution in [1.29, 1.82) is 0 Å². The van der Waals surface area contributed by atoms with Crippen molar-refractivity contribution in [3.05, 3.63) is 78.5 Å². The second-order valence-corrected chi connectivity index (χ2v) is 10.1. The standard InChI is InChI=1S/C30H35N3O6S/c1-7-32(8-2)21-13-11-19(22(34)17-21)16-25-28(35)33-27(20-12-14-23(37-6)24(15-20)38-9-3)26(29(36)39-10-4)18(5)31-30(33)40-25/h11-17,27,34H,7-10H2,1-6H3. The van der Waals surface area contributed by atoms with Crippen LogP contribution in [0.4, 0.5) is 5.69 Å². The molecule has 10 heteroatoms. The molecule has 1 atom stereocenters. The number of ether oxygens (including phenoxy) is 3. The zero-order chi connectivity index (χ0) is 29.0. The number of benzene rings is 2. The van der Waals surface area contributed by atoms with Crippen molar-refractivity contribution in [2.24, 2.45) is 4.99 Å². The van der Waals surface area contributed by atoms with Crippen LogP contribution in [0.3, 0.4) is 0 Å². The number of carbonyl (C=O) groups is 1. The van der Waals surface area contributed by atoms with Crippen molar-refractivity contribution < 1.29 is 24.1 Å². The highest BCUT2D eigenvalue weighted by Crippen LogP contribution is 2.36. The van der Waals surface area contributed by atoms with Crippen LogP contribution < -0.4 is 29.3 Å². The lowest BCUT2D eigenvalue weighted by molar-refractivity contribution is -0.139. The monoisotopic (exact) mass is 565 g/mol. The van der Waals surface area contributed by atoms with Gasteiger partial charge < -0.3 is 24.2 Å². The number of esters is 1. The SMILES string of the molecule is CCOC(=O)C1=C(C)N=c2sc(=Cc3ccc(N(CC)CC)cc3O)c(=O)n2C1c1ccc(OC)c(OCC)c1. The molecular weight excluding hydrogens is 530 g/mol. The topological polar surface area (TPSA) is 103 Å². The number of hydrogen-bond donors (Lipinski definition) is 1. The summed E-state index contributed by atoms with van der Waals surface area (Å²) in [6.07, 6.45) is 1.66. The van der Waals surface area contributed by atoms with E-state index in [1.165, 1.54) is 15.9 Å². The Morgan fingerprint density at radius 3 is 2.48 bits per heavy atom. The van der Waals surface area contributed by atoms with E-state index in [9.17, 15) is 14.7 Å². The van der Waals surface area contributed by atoms with Gasteiger partial charge in [0.15, 0.2) is 16.3 Å². The summed E-state index contributed by atoms with van der Waals surface area (Å²) in [5.74, 6) is 0.578. The van der Waals surface area contributed by atoms with Crippen LogP contribution in [0.25, 0.3) is 6.08 Å². The van der Waals surface area contributed by atoms with Gasteiger partial charge in [-0.05, 0) is 70.5 Å². The number of methoxy groups -OCH3 is 1. The molecule has 4 rings (SSSR count). The lowest BCUT2D eigenvalue weighted by Crippen LogP contribution is -2.40. The third-order valence-corrected chi connectivity index (χ3v) is 7.73. The molecule has 0 saturated heterocycles. The molecule has 1 aromatic heterocycles. The molecule has 0 spiro atoms. The molecule has 0 radical (unpaired) electrons. The molecule has 0 bridgehead atoms. The van der Waals surface area contributed by atoms with Crippen LogP contribution >= 0.6 is 11.3 Å². The number of allylic oxidation sites excluding steroid dienone is 1. The van der Waals surface area contributed by atoms with Gasteiger partial charge in [-0.1, -0.05) is 17.4 Å². The number of phenolic OH excluding ortho intramolecular Hbond substituents is 1. The van der Waals surface area contributed by atoms with Crippen molar-refractivity contribution in [1.82, 2.24) is 4.57 Å². The first kappa shape index (κ1) is 28.9. The number of phenols is 1. The maximum atomic E-state index is 13.9. The van der Waals surface area contributed by atoms with E-state index in [1.54, 1.807) is 57.4 Å². The van der Waals surface area contributed by atoms with Gasteiger partial charge in [-0.2, -0.15) is 0 Å². The van der Waals surface area contributed by atoms with Crippen LogP contribution in [0.5, 0.6) is 17.2 Å². The molecule has 0 aliphatic carbocycles. The van der Waals surface area contributed by atoms with Gasteiger partial charge in [0.05, 0.1) is 42.2 Å². The van der Waals surface area contributed by atoms with Crippen molar-refractivity contribution in [2.45, 2.75) is 40.7 Å². The predicted molar refractivity (Wildman–Crippen MR) is 156 cm³/mol. The highest BCUT2D eigenvalue weighted by Gasteiger charge is 2.34. The Kier molecular flexibility index (Phi) is 8.99. The highest BCUT2D eigenvalue weighted by atomic mass is 32.1. The number of nitrogens with zero attached hydrogens (tertiary/aromatic N) is 3. The second-order valence-electron chi connectivity index (χ2n) is 9.06. The average Bonchev–Trinajstić information content (AvgIpc) is 3.24. The normalized spacial score (nSPS) is 14.9. The van der Waals surface area contributed by atoms with Crippen LogP contribution in [-0.4, -0.2) is 49.1 Å². The predicted octanol–water partition coefficient (Wildman–Crippen LogP) is 3.76. The fraction of sp³-hybridized carbons (Fsp3) is 0.367.